The molecule has 1 amide bonds. The zero-order chi connectivity index (χ0) is 31.2. The molecular formula is C31H60NNa2O9P. The fourth-order valence-electron chi connectivity index (χ4n) is 4.60. The van der Waals surface area contributed by atoms with E-state index in [2.05, 4.69) is 16.8 Å². The van der Waals surface area contributed by atoms with Gasteiger partial charge in [-0.05, 0) is 19.3 Å². The minimum atomic E-state index is -5.18. The monoisotopic (exact) mass is 667 g/mol. The van der Waals surface area contributed by atoms with E-state index in [4.69, 9.17) is 14.2 Å². The first-order valence-corrected chi connectivity index (χ1v) is 18.0. The number of phosphoric ester groups is 1. The molecule has 0 fully saturated rings. The van der Waals surface area contributed by atoms with Gasteiger partial charge in [0.25, 0.3) is 0 Å². The van der Waals surface area contributed by atoms with Gasteiger partial charge in [0, 0.05) is 26.5 Å². The summed E-state index contributed by atoms with van der Waals surface area (Å²) in [6, 6.07) is 0. The average Bonchev–Trinajstić information content (AvgIpc) is 2.93. The van der Waals surface area contributed by atoms with Crippen molar-refractivity contribution in [3.8, 4) is 0 Å². The summed E-state index contributed by atoms with van der Waals surface area (Å²) < 4.78 is 31.3. The molecule has 0 aromatic heterocycles. The Balaban J connectivity index is -0.00000840. The van der Waals surface area contributed by atoms with E-state index in [0.717, 1.165) is 45.1 Å². The zero-order valence-electron chi connectivity index (χ0n) is 28.6. The SMILES string of the molecule is CCCCCCCCCCCC(=O)O[C@@H](COCOCCCCCCCCCCCCCNC(C)=O)COP(=O)([O-])[O-].[Na+].[Na+]. The minimum absolute atomic E-state index is 0. The molecule has 0 radical (unpaired) electrons. The van der Waals surface area contributed by atoms with E-state index in [-0.39, 0.29) is 84.8 Å². The minimum Gasteiger partial charge on any atom is -0.790 e. The van der Waals surface area contributed by atoms with Gasteiger partial charge in [-0.3, -0.25) is 9.59 Å². The molecule has 0 aromatic carbocycles. The van der Waals surface area contributed by atoms with Gasteiger partial charge in [0.15, 0.2) is 0 Å². The van der Waals surface area contributed by atoms with Crippen LogP contribution in [0.15, 0.2) is 0 Å². The molecule has 44 heavy (non-hydrogen) atoms. The predicted octanol–water partition coefficient (Wildman–Crippen LogP) is 0.0903. The van der Waals surface area contributed by atoms with Gasteiger partial charge in [0.2, 0.25) is 5.91 Å². The summed E-state index contributed by atoms with van der Waals surface area (Å²) in [5.41, 5.74) is 0. The zero-order valence-corrected chi connectivity index (χ0v) is 33.5. The molecule has 0 saturated heterocycles. The summed E-state index contributed by atoms with van der Waals surface area (Å²) >= 11 is 0. The standard InChI is InChI=1S/C31H62NO9P.2Na/c1-3-4-5-6-7-11-14-17-20-23-31(34)41-30(27-40-42(35,36)37)26-39-28-38-25-22-19-16-13-10-8-9-12-15-18-21-24-32-29(2)33;;/h30H,3-28H2,1-2H3,(H,32,33)(H2,35,36,37);;/q;2*+1/p-2/t30-;;/m0../s1. The topological polar surface area (TPSA) is 146 Å². The molecule has 0 saturated carbocycles. The van der Waals surface area contributed by atoms with Gasteiger partial charge in [-0.1, -0.05) is 116 Å². The second kappa shape index (κ2) is 36.8. The fraction of sp³-hybridized carbons (Fsp3) is 0.935. The number of rotatable bonds is 32. The second-order valence-electron chi connectivity index (χ2n) is 11.2. The molecule has 0 aromatic rings. The van der Waals surface area contributed by atoms with Crippen LogP contribution in [-0.2, 0) is 32.9 Å². The number of hydrogen-bond acceptors (Lipinski definition) is 9. The van der Waals surface area contributed by atoms with Gasteiger partial charge in [-0.25, -0.2) is 0 Å². The number of esters is 1. The fourth-order valence-corrected chi connectivity index (χ4v) is 4.95. The van der Waals surface area contributed by atoms with E-state index >= 15 is 0 Å². The summed E-state index contributed by atoms with van der Waals surface area (Å²) in [4.78, 5) is 44.7. The molecule has 10 nitrogen and oxygen atoms in total. The number of hydrogen-bond donors (Lipinski definition) is 1. The van der Waals surface area contributed by atoms with Crippen LogP contribution >= 0.6 is 7.82 Å². The number of ether oxygens (including phenoxy) is 3. The van der Waals surface area contributed by atoms with Crippen LogP contribution in [-0.4, -0.2) is 51.1 Å². The normalized spacial score (nSPS) is 11.8. The Morgan fingerprint density at radius 2 is 1.16 bits per heavy atom. The van der Waals surface area contributed by atoms with Crippen molar-refractivity contribution in [2.75, 3.05) is 33.2 Å². The van der Waals surface area contributed by atoms with Crippen molar-refractivity contribution in [3.05, 3.63) is 0 Å². The smallest absolute Gasteiger partial charge is 0.790 e. The van der Waals surface area contributed by atoms with E-state index in [0.29, 0.717) is 13.0 Å². The van der Waals surface area contributed by atoms with Crippen LogP contribution in [0.1, 0.15) is 149 Å². The summed E-state index contributed by atoms with van der Waals surface area (Å²) in [6.07, 6.45) is 22.3. The molecule has 0 aliphatic heterocycles. The molecule has 1 N–H and O–H groups in total. The van der Waals surface area contributed by atoms with Gasteiger partial charge in [0.05, 0.1) is 21.0 Å². The molecule has 0 unspecified atom stereocenters. The van der Waals surface area contributed by atoms with Crippen molar-refractivity contribution in [3.63, 3.8) is 0 Å². The van der Waals surface area contributed by atoms with Crippen LogP contribution in [0.2, 0.25) is 0 Å². The Hall–Kier alpha value is 0.970. The molecule has 1 atom stereocenters. The third-order valence-electron chi connectivity index (χ3n) is 7.01. The molecular weight excluding hydrogens is 607 g/mol. The number of nitrogens with one attached hydrogen (secondary N) is 1. The number of amides is 1. The molecule has 0 aliphatic carbocycles. The van der Waals surface area contributed by atoms with Crippen LogP contribution in [0.25, 0.3) is 0 Å². The summed E-state index contributed by atoms with van der Waals surface area (Å²) in [5, 5.41) is 2.83. The second-order valence-corrected chi connectivity index (χ2v) is 12.4. The Labute approximate surface area is 312 Å². The molecule has 0 heterocycles. The van der Waals surface area contributed by atoms with Crippen LogP contribution < -0.4 is 74.2 Å². The number of carbonyl (C=O) groups is 2. The summed E-state index contributed by atoms with van der Waals surface area (Å²) in [7, 11) is -5.18. The van der Waals surface area contributed by atoms with E-state index in [1.807, 2.05) is 0 Å². The van der Waals surface area contributed by atoms with Crippen LogP contribution in [0.3, 0.4) is 0 Å². The third-order valence-corrected chi connectivity index (χ3v) is 7.48. The largest absolute Gasteiger partial charge is 1.00 e. The molecule has 0 bridgehead atoms. The Morgan fingerprint density at radius 3 is 1.66 bits per heavy atom. The first-order valence-electron chi connectivity index (χ1n) is 16.5. The predicted molar refractivity (Wildman–Crippen MR) is 162 cm³/mol. The van der Waals surface area contributed by atoms with Gasteiger partial charge < -0.3 is 38.4 Å². The Kier molecular flexibility index (Phi) is 41.3. The maximum atomic E-state index is 12.2. The summed E-state index contributed by atoms with van der Waals surface area (Å²) in [5.74, 6) is -0.413. The Bertz CT molecular complexity index is 687. The first kappa shape index (κ1) is 49.4. The van der Waals surface area contributed by atoms with Crippen molar-refractivity contribution in [1.82, 2.24) is 5.32 Å². The van der Waals surface area contributed by atoms with Gasteiger partial charge in [-0.2, -0.15) is 0 Å². The number of unbranched alkanes of at least 4 members (excludes halogenated alkanes) is 18. The van der Waals surface area contributed by atoms with Crippen molar-refractivity contribution in [2.24, 2.45) is 0 Å². The van der Waals surface area contributed by atoms with Gasteiger partial charge >= 0.3 is 65.1 Å². The van der Waals surface area contributed by atoms with Crippen molar-refractivity contribution in [2.45, 2.75) is 155 Å². The van der Waals surface area contributed by atoms with E-state index in [9.17, 15) is 23.9 Å². The molecule has 250 valence electrons. The van der Waals surface area contributed by atoms with E-state index in [1.165, 1.54) is 83.5 Å². The number of phosphoric acid groups is 1. The molecule has 0 spiro atoms. The van der Waals surface area contributed by atoms with Gasteiger partial charge in [-0.15, -0.1) is 0 Å². The van der Waals surface area contributed by atoms with Crippen molar-refractivity contribution >= 4 is 19.7 Å². The number of carbonyl (C=O) groups excluding carboxylic acids is 2. The quantitative estimate of drug-likeness (QED) is 0.0347. The van der Waals surface area contributed by atoms with E-state index in [1.54, 1.807) is 6.92 Å². The van der Waals surface area contributed by atoms with Gasteiger partial charge in [0.1, 0.15) is 12.9 Å². The molecule has 0 aliphatic rings. The van der Waals surface area contributed by atoms with E-state index < -0.39 is 26.5 Å². The van der Waals surface area contributed by atoms with Crippen molar-refractivity contribution in [1.29, 1.82) is 0 Å². The first-order chi connectivity index (χ1) is 20.2. The molecule has 13 heteroatoms. The molecule has 0 rings (SSSR count). The third kappa shape index (κ3) is 41.0. The van der Waals surface area contributed by atoms with Crippen LogP contribution in [0.4, 0.5) is 0 Å². The average molecular weight is 668 g/mol. The maximum Gasteiger partial charge on any atom is 1.00 e. The van der Waals surface area contributed by atoms with Crippen molar-refractivity contribution < 1.29 is 102 Å². The van der Waals surface area contributed by atoms with Crippen LogP contribution in [0, 0.1) is 0 Å². The maximum absolute atomic E-state index is 12.2. The van der Waals surface area contributed by atoms with Crippen LogP contribution in [0.5, 0.6) is 0 Å². The Morgan fingerprint density at radius 1 is 0.682 bits per heavy atom. The summed E-state index contributed by atoms with van der Waals surface area (Å²) in [6.45, 7) is 4.40.